The predicted molar refractivity (Wildman–Crippen MR) is 132 cm³/mol. The molecule has 1 amide bonds. The summed E-state index contributed by atoms with van der Waals surface area (Å²) in [5.74, 6) is 0.805. The zero-order valence-corrected chi connectivity index (χ0v) is 20.9. The van der Waals surface area contributed by atoms with Crippen LogP contribution in [-0.2, 0) is 16.1 Å². The Morgan fingerprint density at radius 2 is 2.07 bits per heavy atom. The number of nitrogens with one attached hydrogen (secondary N) is 1. The van der Waals surface area contributed by atoms with E-state index in [0.717, 1.165) is 69.7 Å². The number of carbonyl (C=O) groups excluding carboxylic acids is 1. The molecule has 0 radical (unpaired) electrons. The largest absolute Gasteiger partial charge is 0.376 e. The van der Waals surface area contributed by atoms with Gasteiger partial charge in [0, 0.05) is 65.0 Å². The van der Waals surface area contributed by atoms with Crippen LogP contribution in [0.25, 0.3) is 0 Å². The fourth-order valence-corrected chi connectivity index (χ4v) is 3.79. The van der Waals surface area contributed by atoms with Crippen molar-refractivity contribution in [1.29, 1.82) is 0 Å². The molecule has 0 aliphatic carbocycles. The first kappa shape index (κ1) is 25.2. The number of likely N-dealkylation sites (N-methyl/N-ethyl adjacent to an activating group) is 1. The van der Waals surface area contributed by atoms with E-state index in [2.05, 4.69) is 26.2 Å². The van der Waals surface area contributed by atoms with E-state index in [-0.39, 0.29) is 42.5 Å². The van der Waals surface area contributed by atoms with Gasteiger partial charge in [-0.15, -0.1) is 24.0 Å². The first-order valence-corrected chi connectivity index (χ1v) is 10.7. The first-order valence-electron chi connectivity index (χ1n) is 10.3. The second-order valence-electron chi connectivity index (χ2n) is 7.84. The van der Waals surface area contributed by atoms with E-state index in [9.17, 15) is 4.79 Å². The van der Waals surface area contributed by atoms with Crippen LogP contribution in [0.1, 0.15) is 18.4 Å². The number of nitrogens with zero attached hydrogens (tertiary/aromatic N) is 4. The summed E-state index contributed by atoms with van der Waals surface area (Å²) in [6.45, 7) is 6.23. The fraction of sp³-hybridized carbons (Fsp3) is 0.619. The van der Waals surface area contributed by atoms with Gasteiger partial charge in [0.1, 0.15) is 6.54 Å². The van der Waals surface area contributed by atoms with Crippen molar-refractivity contribution in [3.63, 3.8) is 0 Å². The predicted octanol–water partition coefficient (Wildman–Crippen LogP) is 2.29. The van der Waals surface area contributed by atoms with Gasteiger partial charge in [-0.05, 0) is 30.5 Å². The lowest BCUT2D eigenvalue weighted by atomic mass is 10.2. The highest BCUT2D eigenvalue weighted by atomic mass is 127. The average molecular weight is 550 g/mol. The minimum atomic E-state index is 0. The highest BCUT2D eigenvalue weighted by Crippen LogP contribution is 2.14. The van der Waals surface area contributed by atoms with Crippen LogP contribution >= 0.6 is 35.6 Å². The van der Waals surface area contributed by atoms with Gasteiger partial charge in [0.05, 0.1) is 6.10 Å². The van der Waals surface area contributed by atoms with E-state index < -0.39 is 0 Å². The van der Waals surface area contributed by atoms with Gasteiger partial charge in [-0.3, -0.25) is 9.69 Å². The van der Waals surface area contributed by atoms with E-state index in [0.29, 0.717) is 0 Å². The molecular formula is C21H33ClIN5O2. The van der Waals surface area contributed by atoms with Gasteiger partial charge in [-0.25, -0.2) is 4.99 Å². The highest BCUT2D eigenvalue weighted by molar-refractivity contribution is 14.0. The van der Waals surface area contributed by atoms with Gasteiger partial charge in [-0.1, -0.05) is 23.7 Å². The van der Waals surface area contributed by atoms with Gasteiger partial charge < -0.3 is 19.9 Å². The monoisotopic (exact) mass is 549 g/mol. The minimum Gasteiger partial charge on any atom is -0.376 e. The Morgan fingerprint density at radius 3 is 2.70 bits per heavy atom. The quantitative estimate of drug-likeness (QED) is 0.335. The molecule has 3 rings (SSSR count). The molecule has 168 valence electrons. The van der Waals surface area contributed by atoms with Crippen molar-refractivity contribution in [2.75, 3.05) is 60.0 Å². The molecule has 2 saturated heterocycles. The summed E-state index contributed by atoms with van der Waals surface area (Å²) in [6.07, 6.45) is 2.42. The lowest BCUT2D eigenvalue weighted by molar-refractivity contribution is -0.127. The number of guanidine groups is 1. The van der Waals surface area contributed by atoms with Crippen LogP contribution in [0.3, 0.4) is 0 Å². The molecule has 1 aromatic rings. The average Bonchev–Trinajstić information content (AvgIpc) is 3.22. The van der Waals surface area contributed by atoms with Crippen LogP contribution in [0.4, 0.5) is 0 Å². The molecule has 2 aliphatic rings. The summed E-state index contributed by atoms with van der Waals surface area (Å²) in [4.78, 5) is 22.8. The van der Waals surface area contributed by atoms with Gasteiger partial charge in [0.15, 0.2) is 5.96 Å². The molecule has 7 nitrogen and oxygen atoms in total. The second-order valence-corrected chi connectivity index (χ2v) is 8.27. The molecule has 1 unspecified atom stereocenters. The molecule has 0 bridgehead atoms. The summed E-state index contributed by atoms with van der Waals surface area (Å²) in [7, 11) is 3.51. The van der Waals surface area contributed by atoms with E-state index >= 15 is 0 Å². The molecule has 2 heterocycles. The number of amides is 1. The van der Waals surface area contributed by atoms with Gasteiger partial charge in [-0.2, -0.15) is 0 Å². The smallest absolute Gasteiger partial charge is 0.243 e. The number of hydrogen-bond acceptors (Lipinski definition) is 4. The van der Waals surface area contributed by atoms with E-state index in [1.165, 1.54) is 5.56 Å². The number of carbonyl (C=O) groups is 1. The molecule has 1 atom stereocenters. The summed E-state index contributed by atoms with van der Waals surface area (Å²) in [5, 5.41) is 4.22. The van der Waals surface area contributed by atoms with Crippen LogP contribution in [0.5, 0.6) is 0 Å². The van der Waals surface area contributed by atoms with Crippen LogP contribution in [0, 0.1) is 0 Å². The maximum atomic E-state index is 12.0. The molecule has 9 heteroatoms. The van der Waals surface area contributed by atoms with Crippen LogP contribution < -0.4 is 5.32 Å². The van der Waals surface area contributed by atoms with Crippen LogP contribution in [0.15, 0.2) is 29.3 Å². The second kappa shape index (κ2) is 12.7. The van der Waals surface area contributed by atoms with Crippen LogP contribution in [-0.4, -0.2) is 92.6 Å². The maximum Gasteiger partial charge on any atom is 0.243 e. The topological polar surface area (TPSA) is 60.4 Å². The zero-order chi connectivity index (χ0) is 20.6. The number of hydrogen-bond donors (Lipinski definition) is 1. The molecular weight excluding hydrogens is 517 g/mol. The lowest BCUT2D eigenvalue weighted by Gasteiger charge is -2.37. The molecule has 2 aliphatic heterocycles. The highest BCUT2D eigenvalue weighted by Gasteiger charge is 2.22. The van der Waals surface area contributed by atoms with Gasteiger partial charge in [0.2, 0.25) is 5.91 Å². The van der Waals surface area contributed by atoms with Crippen molar-refractivity contribution < 1.29 is 9.53 Å². The summed E-state index contributed by atoms with van der Waals surface area (Å²) in [5.41, 5.74) is 1.23. The fourth-order valence-electron chi connectivity index (χ4n) is 3.57. The van der Waals surface area contributed by atoms with Crippen molar-refractivity contribution in [3.8, 4) is 0 Å². The third-order valence-corrected chi connectivity index (χ3v) is 5.58. The Bertz CT molecular complexity index is 704. The third kappa shape index (κ3) is 7.86. The van der Waals surface area contributed by atoms with Crippen molar-refractivity contribution in [2.45, 2.75) is 25.5 Å². The minimum absolute atomic E-state index is 0. The number of ether oxygens (including phenoxy) is 1. The molecule has 1 N–H and O–H groups in total. The Kier molecular flexibility index (Phi) is 10.6. The van der Waals surface area contributed by atoms with Crippen LogP contribution in [0.2, 0.25) is 5.02 Å². The number of benzene rings is 1. The molecule has 2 fully saturated rings. The normalized spacial score (nSPS) is 20.0. The number of rotatable bonds is 6. The Hall–Kier alpha value is -1.10. The molecule has 0 saturated carbocycles. The summed E-state index contributed by atoms with van der Waals surface area (Å²) < 4.78 is 5.72. The summed E-state index contributed by atoms with van der Waals surface area (Å²) in [6, 6.07) is 8.04. The number of piperazine rings is 1. The van der Waals surface area contributed by atoms with E-state index in [1.54, 1.807) is 19.0 Å². The van der Waals surface area contributed by atoms with Crippen molar-refractivity contribution in [3.05, 3.63) is 34.9 Å². The number of aliphatic imine (C=N–C) groups is 1. The van der Waals surface area contributed by atoms with Crippen molar-refractivity contribution >= 4 is 47.4 Å². The SMILES string of the molecule is CN(C)C(=O)CN=C(NCC1CCCO1)N1CCN(Cc2cccc(Cl)c2)CC1.I. The van der Waals surface area contributed by atoms with Gasteiger partial charge >= 0.3 is 0 Å². The lowest BCUT2D eigenvalue weighted by Crippen LogP contribution is -2.53. The summed E-state index contributed by atoms with van der Waals surface area (Å²) >= 11 is 6.11. The number of halogens is 2. The van der Waals surface area contributed by atoms with Crippen molar-refractivity contribution in [2.24, 2.45) is 4.99 Å². The molecule has 1 aromatic carbocycles. The van der Waals surface area contributed by atoms with Crippen molar-refractivity contribution in [1.82, 2.24) is 20.0 Å². The Balaban J connectivity index is 0.00000320. The molecule has 0 spiro atoms. The molecule has 0 aromatic heterocycles. The first-order chi connectivity index (χ1) is 14.0. The van der Waals surface area contributed by atoms with E-state index in [1.807, 2.05) is 18.2 Å². The third-order valence-electron chi connectivity index (χ3n) is 5.34. The Labute approximate surface area is 201 Å². The molecule has 30 heavy (non-hydrogen) atoms. The van der Waals surface area contributed by atoms with E-state index in [4.69, 9.17) is 16.3 Å². The van der Waals surface area contributed by atoms with Gasteiger partial charge in [0.25, 0.3) is 0 Å². The Morgan fingerprint density at radius 1 is 1.30 bits per heavy atom. The standard InChI is InChI=1S/C21H32ClN5O2.HI/c1-25(2)20(28)15-24-21(23-14-19-7-4-12-29-19)27-10-8-26(9-11-27)16-17-5-3-6-18(22)13-17;/h3,5-6,13,19H,4,7-12,14-16H2,1-2H3,(H,23,24);1H. The zero-order valence-electron chi connectivity index (χ0n) is 17.8. The maximum absolute atomic E-state index is 12.0.